The molecule has 4 rings (SSSR count). The Morgan fingerprint density at radius 1 is 1.12 bits per heavy atom. The molecule has 3 aliphatic rings. The van der Waals surface area contributed by atoms with Crippen LogP contribution in [0.15, 0.2) is 29.3 Å². The largest absolute Gasteiger partial charge is 0.507 e. The Kier molecular flexibility index (Phi) is 2.63. The van der Waals surface area contributed by atoms with Crippen LogP contribution in [-0.2, 0) is 0 Å². The average Bonchev–Trinajstić information content (AvgIpc) is 2.40. The van der Waals surface area contributed by atoms with Crippen LogP contribution in [0.2, 0.25) is 0 Å². The first-order chi connectivity index (χ1) is 8.27. The van der Waals surface area contributed by atoms with Gasteiger partial charge in [-0.2, -0.15) is 0 Å². The number of phenols is 1. The van der Waals surface area contributed by atoms with Gasteiger partial charge in [-0.1, -0.05) is 12.1 Å². The fourth-order valence-electron chi connectivity index (χ4n) is 2.81. The first-order valence-corrected chi connectivity index (χ1v) is 6.33. The van der Waals surface area contributed by atoms with Crippen LogP contribution in [0, 0.1) is 0 Å². The van der Waals surface area contributed by atoms with Gasteiger partial charge in [-0.25, -0.2) is 0 Å². The summed E-state index contributed by atoms with van der Waals surface area (Å²) in [6, 6.07) is 7.39. The van der Waals surface area contributed by atoms with E-state index in [9.17, 15) is 5.11 Å². The highest BCUT2D eigenvalue weighted by molar-refractivity contribution is 5.83. The molecule has 17 heavy (non-hydrogen) atoms. The Morgan fingerprint density at radius 2 is 1.76 bits per heavy atom. The maximum Gasteiger partial charge on any atom is 0.124 e. The number of fused-ring (bicyclic) bond motifs is 3. The molecule has 0 atom stereocenters. The van der Waals surface area contributed by atoms with Gasteiger partial charge in [0.2, 0.25) is 0 Å². The zero-order valence-electron chi connectivity index (χ0n) is 9.97. The number of phenolic OH excluding ortho intramolecular Hbond substituents is 1. The molecule has 0 unspecified atom stereocenters. The monoisotopic (exact) mass is 230 g/mol. The maximum absolute atomic E-state index is 9.71. The highest BCUT2D eigenvalue weighted by Crippen LogP contribution is 2.35. The highest BCUT2D eigenvalue weighted by atomic mass is 16.3. The Bertz CT molecular complexity index is 420. The van der Waals surface area contributed by atoms with E-state index in [1.165, 1.54) is 19.6 Å². The SMILES string of the molecule is Oc1ccccc1C=NC12CCN(CC1)CC2. The van der Waals surface area contributed by atoms with Crippen molar-refractivity contribution in [1.82, 2.24) is 4.90 Å². The number of rotatable bonds is 2. The molecule has 3 aliphatic heterocycles. The molecule has 1 aromatic carbocycles. The van der Waals surface area contributed by atoms with Crippen molar-refractivity contribution in [2.24, 2.45) is 4.99 Å². The topological polar surface area (TPSA) is 35.8 Å². The molecule has 1 aromatic rings. The van der Waals surface area contributed by atoms with Crippen molar-refractivity contribution in [1.29, 1.82) is 0 Å². The van der Waals surface area contributed by atoms with Crippen LogP contribution in [0.25, 0.3) is 0 Å². The second kappa shape index (κ2) is 4.15. The Labute approximate surface area is 102 Å². The third-order valence-electron chi connectivity index (χ3n) is 4.09. The van der Waals surface area contributed by atoms with Gasteiger partial charge in [-0.3, -0.25) is 4.99 Å². The number of para-hydroxylation sites is 1. The van der Waals surface area contributed by atoms with E-state index in [2.05, 4.69) is 4.90 Å². The van der Waals surface area contributed by atoms with Gasteiger partial charge in [0.1, 0.15) is 5.75 Å². The standard InChI is InChI=1S/C14H18N2O/c17-13-4-2-1-3-12(13)11-15-14-5-8-16(9-6-14)10-7-14/h1-4,11,17H,5-10H2. The molecule has 90 valence electrons. The van der Waals surface area contributed by atoms with Gasteiger partial charge < -0.3 is 10.0 Å². The highest BCUT2D eigenvalue weighted by Gasteiger charge is 2.38. The van der Waals surface area contributed by atoms with Crippen molar-refractivity contribution in [2.75, 3.05) is 19.6 Å². The van der Waals surface area contributed by atoms with Gasteiger partial charge in [0.15, 0.2) is 0 Å². The van der Waals surface area contributed by atoms with Crippen LogP contribution in [0.4, 0.5) is 0 Å². The van der Waals surface area contributed by atoms with E-state index in [0.717, 1.165) is 24.8 Å². The maximum atomic E-state index is 9.71. The summed E-state index contributed by atoms with van der Waals surface area (Å²) in [6.07, 6.45) is 5.35. The van der Waals surface area contributed by atoms with E-state index in [-0.39, 0.29) is 5.54 Å². The van der Waals surface area contributed by atoms with Crippen molar-refractivity contribution >= 4 is 6.21 Å². The summed E-state index contributed by atoms with van der Waals surface area (Å²) in [6.45, 7) is 3.54. The summed E-state index contributed by atoms with van der Waals surface area (Å²) in [7, 11) is 0. The minimum absolute atomic E-state index is 0.150. The third-order valence-corrected chi connectivity index (χ3v) is 4.09. The van der Waals surface area contributed by atoms with E-state index in [1.54, 1.807) is 6.07 Å². The van der Waals surface area contributed by atoms with Gasteiger partial charge >= 0.3 is 0 Å². The molecule has 0 spiro atoms. The smallest absolute Gasteiger partial charge is 0.124 e. The number of hydrogen-bond donors (Lipinski definition) is 1. The van der Waals surface area contributed by atoms with Crippen LogP contribution in [0.3, 0.4) is 0 Å². The van der Waals surface area contributed by atoms with E-state index >= 15 is 0 Å². The molecule has 0 aliphatic carbocycles. The molecule has 3 saturated heterocycles. The number of nitrogens with zero attached hydrogens (tertiary/aromatic N) is 2. The molecule has 2 bridgehead atoms. The molecule has 3 nitrogen and oxygen atoms in total. The number of piperidine rings is 3. The molecule has 0 amide bonds. The lowest BCUT2D eigenvalue weighted by atomic mass is 9.80. The predicted molar refractivity (Wildman–Crippen MR) is 68.7 cm³/mol. The minimum Gasteiger partial charge on any atom is -0.507 e. The zero-order valence-corrected chi connectivity index (χ0v) is 9.97. The van der Waals surface area contributed by atoms with Gasteiger partial charge in [0.05, 0.1) is 5.54 Å². The first kappa shape index (κ1) is 10.8. The fourth-order valence-corrected chi connectivity index (χ4v) is 2.81. The summed E-state index contributed by atoms with van der Waals surface area (Å²) in [4.78, 5) is 7.30. The molecule has 0 radical (unpaired) electrons. The minimum atomic E-state index is 0.150. The quantitative estimate of drug-likeness (QED) is 0.789. The normalized spacial score (nSPS) is 32.1. The average molecular weight is 230 g/mol. The Morgan fingerprint density at radius 3 is 2.41 bits per heavy atom. The summed E-state index contributed by atoms with van der Waals surface area (Å²) in [5.41, 5.74) is 0.978. The number of benzene rings is 1. The number of aromatic hydroxyl groups is 1. The summed E-state index contributed by atoms with van der Waals surface area (Å²) >= 11 is 0. The molecular weight excluding hydrogens is 212 g/mol. The Balaban J connectivity index is 1.80. The summed E-state index contributed by atoms with van der Waals surface area (Å²) < 4.78 is 0. The molecule has 1 N–H and O–H groups in total. The van der Waals surface area contributed by atoms with Crippen LogP contribution < -0.4 is 0 Å². The van der Waals surface area contributed by atoms with E-state index in [4.69, 9.17) is 4.99 Å². The van der Waals surface area contributed by atoms with Crippen LogP contribution in [0.5, 0.6) is 5.75 Å². The third kappa shape index (κ3) is 2.07. The number of hydrogen-bond acceptors (Lipinski definition) is 3. The van der Waals surface area contributed by atoms with Gasteiger partial charge in [-0.15, -0.1) is 0 Å². The first-order valence-electron chi connectivity index (χ1n) is 6.33. The van der Waals surface area contributed by atoms with Crippen molar-refractivity contribution in [3.8, 4) is 5.75 Å². The second-order valence-corrected chi connectivity index (χ2v) is 5.13. The lowest BCUT2D eigenvalue weighted by molar-refractivity contribution is 0.0887. The summed E-state index contributed by atoms with van der Waals surface area (Å²) in [5.74, 6) is 0.320. The number of aliphatic imine (C=N–C) groups is 1. The molecular formula is C14H18N2O. The predicted octanol–water partition coefficient (Wildman–Crippen LogP) is 2.05. The Hall–Kier alpha value is -1.35. The molecule has 0 saturated carbocycles. The van der Waals surface area contributed by atoms with E-state index in [1.807, 2.05) is 24.4 Å². The van der Waals surface area contributed by atoms with Gasteiger partial charge in [0.25, 0.3) is 0 Å². The summed E-state index contributed by atoms with van der Waals surface area (Å²) in [5, 5.41) is 9.71. The molecule has 3 heteroatoms. The van der Waals surface area contributed by atoms with Crippen molar-refractivity contribution in [3.05, 3.63) is 29.8 Å². The van der Waals surface area contributed by atoms with Crippen LogP contribution >= 0.6 is 0 Å². The van der Waals surface area contributed by atoms with Crippen molar-refractivity contribution in [3.63, 3.8) is 0 Å². The fraction of sp³-hybridized carbons (Fsp3) is 0.500. The molecule has 3 heterocycles. The molecule has 3 fully saturated rings. The van der Waals surface area contributed by atoms with E-state index in [0.29, 0.717) is 5.75 Å². The lowest BCUT2D eigenvalue weighted by Gasteiger charge is -2.46. The molecule has 0 aromatic heterocycles. The van der Waals surface area contributed by atoms with Crippen LogP contribution in [0.1, 0.15) is 24.8 Å². The van der Waals surface area contributed by atoms with Crippen molar-refractivity contribution < 1.29 is 5.11 Å². The van der Waals surface area contributed by atoms with Gasteiger partial charge in [-0.05, 0) is 31.4 Å². The van der Waals surface area contributed by atoms with Crippen LogP contribution in [-0.4, -0.2) is 41.4 Å². The van der Waals surface area contributed by atoms with Gasteiger partial charge in [0, 0.05) is 31.4 Å². The zero-order chi connectivity index (χ0) is 11.7. The van der Waals surface area contributed by atoms with E-state index < -0.39 is 0 Å². The second-order valence-electron chi connectivity index (χ2n) is 5.13. The van der Waals surface area contributed by atoms with Crippen molar-refractivity contribution in [2.45, 2.75) is 24.8 Å². The lowest BCUT2D eigenvalue weighted by Crippen LogP contribution is -2.51.